The van der Waals surface area contributed by atoms with Crippen LogP contribution >= 0.6 is 0 Å². The zero-order valence-corrected chi connectivity index (χ0v) is 14.0. The van der Waals surface area contributed by atoms with Crippen molar-refractivity contribution in [1.82, 2.24) is 19.7 Å². The van der Waals surface area contributed by atoms with E-state index in [-0.39, 0.29) is 0 Å². The van der Waals surface area contributed by atoms with Crippen LogP contribution in [0.5, 0.6) is 0 Å². The fourth-order valence-corrected chi connectivity index (χ4v) is 3.20. The quantitative estimate of drug-likeness (QED) is 0.868. The Balaban J connectivity index is 1.95. The van der Waals surface area contributed by atoms with Crippen molar-refractivity contribution in [3.8, 4) is 0 Å². The van der Waals surface area contributed by atoms with Gasteiger partial charge in [-0.05, 0) is 33.1 Å². The number of nitrogens with zero attached hydrogens (tertiary/aromatic N) is 5. The molecule has 0 spiro atoms. The molecule has 1 fully saturated rings. The maximum Gasteiger partial charge on any atom is 0.163 e. The molecule has 0 bridgehead atoms. The number of ether oxygens (including phenoxy) is 1. The van der Waals surface area contributed by atoms with Crippen molar-refractivity contribution in [2.75, 3.05) is 24.6 Å². The normalized spacial score (nSPS) is 19.1. The van der Waals surface area contributed by atoms with Crippen molar-refractivity contribution in [2.24, 2.45) is 7.05 Å². The summed E-state index contributed by atoms with van der Waals surface area (Å²) in [4.78, 5) is 11.6. The zero-order chi connectivity index (χ0) is 15.7. The van der Waals surface area contributed by atoms with E-state index in [1.54, 1.807) is 0 Å². The Morgan fingerprint density at radius 2 is 2.09 bits per heavy atom. The first-order valence-corrected chi connectivity index (χ1v) is 8.14. The van der Waals surface area contributed by atoms with Gasteiger partial charge in [-0.1, -0.05) is 6.92 Å². The molecule has 6 nitrogen and oxygen atoms in total. The minimum atomic E-state index is 0.302. The van der Waals surface area contributed by atoms with Crippen molar-refractivity contribution in [3.63, 3.8) is 0 Å². The summed E-state index contributed by atoms with van der Waals surface area (Å²) in [5, 5.41) is 5.59. The molecular weight excluding hydrogens is 278 g/mol. The summed E-state index contributed by atoms with van der Waals surface area (Å²) in [6, 6.07) is 0. The van der Waals surface area contributed by atoms with Gasteiger partial charge in [-0.25, -0.2) is 9.97 Å². The number of rotatable bonds is 4. The van der Waals surface area contributed by atoms with Gasteiger partial charge in [0.15, 0.2) is 5.65 Å². The first-order chi connectivity index (χ1) is 10.6. The van der Waals surface area contributed by atoms with Crippen molar-refractivity contribution in [1.29, 1.82) is 0 Å². The van der Waals surface area contributed by atoms with E-state index >= 15 is 0 Å². The van der Waals surface area contributed by atoms with Gasteiger partial charge in [-0.3, -0.25) is 4.68 Å². The van der Waals surface area contributed by atoms with Crippen molar-refractivity contribution in [2.45, 2.75) is 46.1 Å². The predicted molar refractivity (Wildman–Crippen MR) is 87.3 cm³/mol. The van der Waals surface area contributed by atoms with Gasteiger partial charge in [0.05, 0.1) is 17.2 Å². The fraction of sp³-hybridized carbons (Fsp3) is 0.688. The summed E-state index contributed by atoms with van der Waals surface area (Å²) < 4.78 is 7.80. The van der Waals surface area contributed by atoms with E-state index in [1.165, 1.54) is 0 Å². The molecule has 0 amide bonds. The molecule has 0 N–H and O–H groups in total. The minimum Gasteiger partial charge on any atom is -0.376 e. The third kappa shape index (κ3) is 2.79. The lowest BCUT2D eigenvalue weighted by molar-refractivity contribution is 0.0439. The van der Waals surface area contributed by atoms with Crippen LogP contribution in [0.25, 0.3) is 11.0 Å². The lowest BCUT2D eigenvalue weighted by Gasteiger charge is -2.33. The molecule has 0 aromatic carbocycles. The third-order valence-electron chi connectivity index (χ3n) is 4.19. The van der Waals surface area contributed by atoms with Crippen LogP contribution in [0.15, 0.2) is 0 Å². The molecular formula is C16H25N5O. The van der Waals surface area contributed by atoms with Gasteiger partial charge in [0.25, 0.3) is 0 Å². The molecule has 1 unspecified atom stereocenters. The summed E-state index contributed by atoms with van der Waals surface area (Å²) >= 11 is 0. The van der Waals surface area contributed by atoms with Crippen molar-refractivity contribution < 1.29 is 4.74 Å². The maximum atomic E-state index is 5.96. The summed E-state index contributed by atoms with van der Waals surface area (Å²) in [6.07, 6.45) is 3.64. The third-order valence-corrected chi connectivity index (χ3v) is 4.19. The fourth-order valence-electron chi connectivity index (χ4n) is 3.20. The van der Waals surface area contributed by atoms with Gasteiger partial charge in [-0.15, -0.1) is 0 Å². The number of aryl methyl sites for hydroxylation is 3. The van der Waals surface area contributed by atoms with Crippen molar-refractivity contribution >= 4 is 16.9 Å². The molecule has 6 heteroatoms. The lowest BCUT2D eigenvalue weighted by atomic mass is 10.1. The first-order valence-electron chi connectivity index (χ1n) is 8.14. The van der Waals surface area contributed by atoms with E-state index in [1.807, 2.05) is 25.6 Å². The van der Waals surface area contributed by atoms with E-state index in [0.717, 1.165) is 67.3 Å². The molecule has 3 rings (SSSR count). The molecule has 1 saturated heterocycles. The van der Waals surface area contributed by atoms with Crippen LogP contribution in [-0.2, 0) is 11.8 Å². The molecule has 3 heterocycles. The van der Waals surface area contributed by atoms with Crippen LogP contribution < -0.4 is 4.90 Å². The zero-order valence-electron chi connectivity index (χ0n) is 14.0. The Labute approximate surface area is 131 Å². The first kappa shape index (κ1) is 15.2. The second-order valence-corrected chi connectivity index (χ2v) is 6.08. The van der Waals surface area contributed by atoms with Gasteiger partial charge >= 0.3 is 0 Å². The molecule has 2 aromatic heterocycles. The second-order valence-electron chi connectivity index (χ2n) is 6.08. The topological polar surface area (TPSA) is 56.1 Å². The van der Waals surface area contributed by atoms with Gasteiger partial charge in [-0.2, -0.15) is 5.10 Å². The lowest BCUT2D eigenvalue weighted by Crippen LogP contribution is -2.40. The number of piperidine rings is 1. The number of hydrogen-bond donors (Lipinski definition) is 0. The number of aromatic nitrogens is 4. The van der Waals surface area contributed by atoms with E-state index in [2.05, 4.69) is 21.9 Å². The van der Waals surface area contributed by atoms with Gasteiger partial charge in [0.1, 0.15) is 11.6 Å². The monoisotopic (exact) mass is 303 g/mol. The van der Waals surface area contributed by atoms with Crippen LogP contribution in [-0.4, -0.2) is 45.5 Å². The predicted octanol–water partition coefficient (Wildman–Crippen LogP) is 2.38. The minimum absolute atomic E-state index is 0.302. The summed E-state index contributed by atoms with van der Waals surface area (Å²) in [5.74, 6) is 1.81. The van der Waals surface area contributed by atoms with E-state index < -0.39 is 0 Å². The van der Waals surface area contributed by atoms with Crippen LogP contribution in [0.4, 0.5) is 5.82 Å². The number of fused-ring (bicyclic) bond motifs is 1. The van der Waals surface area contributed by atoms with Crippen LogP contribution in [0.1, 0.15) is 37.7 Å². The van der Waals surface area contributed by atoms with E-state index in [9.17, 15) is 0 Å². The second kappa shape index (κ2) is 6.20. The highest BCUT2D eigenvalue weighted by Crippen LogP contribution is 2.29. The molecule has 2 aromatic rings. The highest BCUT2D eigenvalue weighted by Gasteiger charge is 2.25. The molecule has 0 radical (unpaired) electrons. The van der Waals surface area contributed by atoms with Gasteiger partial charge in [0.2, 0.25) is 0 Å². The average molecular weight is 303 g/mol. The SMILES string of the molecule is CCCOC1CCCN(c2nc(C)nc3c2c(C)nn3C)C1. The van der Waals surface area contributed by atoms with Crippen molar-refractivity contribution in [3.05, 3.63) is 11.5 Å². The average Bonchev–Trinajstić information content (AvgIpc) is 2.79. The summed E-state index contributed by atoms with van der Waals surface area (Å²) in [6.45, 7) is 8.88. The van der Waals surface area contributed by atoms with E-state index in [0.29, 0.717) is 6.10 Å². The molecule has 1 aliphatic rings. The smallest absolute Gasteiger partial charge is 0.163 e. The molecule has 1 atom stereocenters. The molecule has 1 aliphatic heterocycles. The molecule has 0 saturated carbocycles. The Bertz CT molecular complexity index is 666. The molecule has 120 valence electrons. The Morgan fingerprint density at radius 1 is 1.27 bits per heavy atom. The number of hydrogen-bond acceptors (Lipinski definition) is 5. The molecule has 0 aliphatic carbocycles. The van der Waals surface area contributed by atoms with E-state index in [4.69, 9.17) is 9.72 Å². The van der Waals surface area contributed by atoms with Gasteiger partial charge < -0.3 is 9.64 Å². The molecule has 22 heavy (non-hydrogen) atoms. The highest BCUT2D eigenvalue weighted by atomic mass is 16.5. The summed E-state index contributed by atoms with van der Waals surface area (Å²) in [7, 11) is 1.94. The van der Waals surface area contributed by atoms with Crippen LogP contribution in [0.3, 0.4) is 0 Å². The Hall–Kier alpha value is -1.69. The Morgan fingerprint density at radius 3 is 2.86 bits per heavy atom. The number of anilines is 1. The highest BCUT2D eigenvalue weighted by molar-refractivity contribution is 5.90. The Kier molecular flexibility index (Phi) is 4.29. The van der Waals surface area contributed by atoms with Crippen LogP contribution in [0, 0.1) is 13.8 Å². The maximum absolute atomic E-state index is 5.96. The van der Waals surface area contributed by atoms with Gasteiger partial charge in [0, 0.05) is 26.7 Å². The standard InChI is InChI=1S/C16H25N5O/c1-5-9-22-13-7-6-8-21(10-13)16-14-11(2)19-20(4)15(14)17-12(3)18-16/h13H,5-10H2,1-4H3. The largest absolute Gasteiger partial charge is 0.376 e. The summed E-state index contributed by atoms with van der Waals surface area (Å²) in [5.41, 5.74) is 1.90. The van der Waals surface area contributed by atoms with Crippen LogP contribution in [0.2, 0.25) is 0 Å².